The molecule has 29 heavy (non-hydrogen) atoms. The van der Waals surface area contributed by atoms with Gasteiger partial charge in [-0.3, -0.25) is 4.98 Å². The van der Waals surface area contributed by atoms with Crippen LogP contribution in [0.3, 0.4) is 0 Å². The minimum atomic E-state index is -3.41. The predicted octanol–water partition coefficient (Wildman–Crippen LogP) is 3.08. The molecule has 2 aliphatic heterocycles. The SMILES string of the molecule is Cc1ccc2nc(N3c4ccccc4C4(CCNCC4)C3S(C)(=O)=O)cnc2c1. The first-order valence-corrected chi connectivity index (χ1v) is 11.9. The maximum Gasteiger partial charge on any atom is 0.169 e. The van der Waals surface area contributed by atoms with Gasteiger partial charge in [0.2, 0.25) is 0 Å². The fourth-order valence-corrected chi connectivity index (χ4v) is 6.86. The quantitative estimate of drug-likeness (QED) is 0.702. The van der Waals surface area contributed by atoms with Crippen LogP contribution >= 0.6 is 0 Å². The smallest absolute Gasteiger partial charge is 0.169 e. The van der Waals surface area contributed by atoms with Crippen LogP contribution < -0.4 is 10.2 Å². The van der Waals surface area contributed by atoms with Crippen LogP contribution in [0.25, 0.3) is 11.0 Å². The number of hydrogen-bond donors (Lipinski definition) is 1. The van der Waals surface area contributed by atoms with Crippen LogP contribution in [0.2, 0.25) is 0 Å². The molecule has 0 bridgehead atoms. The van der Waals surface area contributed by atoms with E-state index in [9.17, 15) is 8.42 Å². The summed E-state index contributed by atoms with van der Waals surface area (Å²) in [6.07, 6.45) is 4.60. The summed E-state index contributed by atoms with van der Waals surface area (Å²) < 4.78 is 26.3. The molecule has 5 rings (SSSR count). The van der Waals surface area contributed by atoms with Gasteiger partial charge in [-0.25, -0.2) is 13.4 Å². The van der Waals surface area contributed by atoms with E-state index in [0.29, 0.717) is 5.82 Å². The number of rotatable bonds is 2. The Bertz CT molecular complexity index is 1200. The van der Waals surface area contributed by atoms with Crippen LogP contribution in [0.1, 0.15) is 24.0 Å². The van der Waals surface area contributed by atoms with Gasteiger partial charge in [0.25, 0.3) is 0 Å². The molecule has 3 aromatic rings. The maximum atomic E-state index is 13.2. The third kappa shape index (κ3) is 2.83. The Balaban J connectivity index is 1.75. The Morgan fingerprint density at radius 3 is 2.62 bits per heavy atom. The fourth-order valence-electron chi connectivity index (χ4n) is 5.07. The average molecular weight is 409 g/mol. The summed E-state index contributed by atoms with van der Waals surface area (Å²) in [5, 5.41) is 2.69. The van der Waals surface area contributed by atoms with Gasteiger partial charge in [-0.1, -0.05) is 24.3 Å². The molecular weight excluding hydrogens is 384 g/mol. The van der Waals surface area contributed by atoms with E-state index in [0.717, 1.165) is 53.8 Å². The highest BCUT2D eigenvalue weighted by atomic mass is 32.2. The van der Waals surface area contributed by atoms with Crippen LogP contribution in [0, 0.1) is 6.92 Å². The normalized spacial score (nSPS) is 20.9. The van der Waals surface area contributed by atoms with Gasteiger partial charge in [0.1, 0.15) is 5.37 Å². The molecule has 2 aliphatic rings. The highest BCUT2D eigenvalue weighted by Crippen LogP contribution is 2.54. The molecule has 1 N–H and O–H groups in total. The molecule has 3 heterocycles. The second kappa shape index (κ2) is 6.50. The number of fused-ring (bicyclic) bond motifs is 3. The third-order valence-electron chi connectivity index (χ3n) is 6.24. The minimum Gasteiger partial charge on any atom is -0.317 e. The van der Waals surface area contributed by atoms with Crippen LogP contribution in [0.15, 0.2) is 48.7 Å². The van der Waals surface area contributed by atoms with Crippen molar-refractivity contribution in [2.45, 2.75) is 30.6 Å². The van der Waals surface area contributed by atoms with Crippen molar-refractivity contribution in [2.75, 3.05) is 24.2 Å². The minimum absolute atomic E-state index is 0.445. The molecule has 2 aromatic carbocycles. The van der Waals surface area contributed by atoms with Crippen molar-refractivity contribution in [3.63, 3.8) is 0 Å². The average Bonchev–Trinajstić information content (AvgIpc) is 2.99. The van der Waals surface area contributed by atoms with Crippen molar-refractivity contribution < 1.29 is 8.42 Å². The summed E-state index contributed by atoms with van der Waals surface area (Å²) >= 11 is 0. The first kappa shape index (κ1) is 18.5. The number of aryl methyl sites for hydroxylation is 1. The largest absolute Gasteiger partial charge is 0.317 e. The van der Waals surface area contributed by atoms with Gasteiger partial charge < -0.3 is 10.2 Å². The molecule has 1 saturated heterocycles. The first-order chi connectivity index (χ1) is 13.9. The van der Waals surface area contributed by atoms with E-state index in [1.54, 1.807) is 6.20 Å². The third-order valence-corrected chi connectivity index (χ3v) is 7.71. The zero-order valence-corrected chi connectivity index (χ0v) is 17.4. The van der Waals surface area contributed by atoms with Crippen LogP contribution in [-0.2, 0) is 15.3 Å². The molecule has 1 unspecified atom stereocenters. The molecule has 7 heteroatoms. The Morgan fingerprint density at radius 2 is 1.86 bits per heavy atom. The van der Waals surface area contributed by atoms with Crippen molar-refractivity contribution in [3.8, 4) is 0 Å². The number of piperidine rings is 1. The van der Waals surface area contributed by atoms with Crippen molar-refractivity contribution >= 4 is 32.4 Å². The Hall–Kier alpha value is -2.51. The zero-order chi connectivity index (χ0) is 20.2. The highest BCUT2D eigenvalue weighted by molar-refractivity contribution is 7.91. The van der Waals surface area contributed by atoms with Crippen molar-refractivity contribution in [1.29, 1.82) is 0 Å². The molecule has 1 atom stereocenters. The van der Waals surface area contributed by atoms with Crippen molar-refractivity contribution in [1.82, 2.24) is 15.3 Å². The van der Waals surface area contributed by atoms with Crippen LogP contribution in [-0.4, -0.2) is 43.1 Å². The van der Waals surface area contributed by atoms with Gasteiger partial charge >= 0.3 is 0 Å². The molecule has 0 saturated carbocycles. The molecule has 1 spiro atoms. The van der Waals surface area contributed by atoms with E-state index in [1.165, 1.54) is 6.26 Å². The summed E-state index contributed by atoms with van der Waals surface area (Å²) in [7, 11) is -3.41. The summed E-state index contributed by atoms with van der Waals surface area (Å²) in [5.74, 6) is 0.583. The van der Waals surface area contributed by atoms with E-state index in [1.807, 2.05) is 48.2 Å². The Labute approximate surface area is 170 Å². The predicted molar refractivity (Wildman–Crippen MR) is 115 cm³/mol. The van der Waals surface area contributed by atoms with Gasteiger partial charge in [0.15, 0.2) is 15.7 Å². The standard InChI is InChI=1S/C22H24N4O2S/c1-15-7-8-17-18(13-15)24-14-20(25-17)26-19-6-4-3-5-16(19)22(9-11-23-12-10-22)21(26)29(2,27)28/h3-8,13-14,21,23H,9-12H2,1-2H3. The molecule has 6 nitrogen and oxygen atoms in total. The summed E-state index contributed by atoms with van der Waals surface area (Å²) in [6, 6.07) is 14.0. The first-order valence-electron chi connectivity index (χ1n) is 9.92. The number of nitrogens with one attached hydrogen (secondary N) is 1. The second-order valence-electron chi connectivity index (χ2n) is 8.20. The number of sulfone groups is 1. The van der Waals surface area contributed by atoms with E-state index >= 15 is 0 Å². The summed E-state index contributed by atoms with van der Waals surface area (Å²) in [6.45, 7) is 3.63. The lowest BCUT2D eigenvalue weighted by Crippen LogP contribution is -2.53. The lowest BCUT2D eigenvalue weighted by Gasteiger charge is -2.40. The number of anilines is 2. The number of nitrogens with zero attached hydrogens (tertiary/aromatic N) is 3. The molecule has 1 fully saturated rings. The molecular formula is C22H24N4O2S. The Morgan fingerprint density at radius 1 is 1.10 bits per heavy atom. The maximum absolute atomic E-state index is 13.2. The van der Waals surface area contributed by atoms with E-state index in [2.05, 4.69) is 16.4 Å². The zero-order valence-electron chi connectivity index (χ0n) is 16.6. The summed E-state index contributed by atoms with van der Waals surface area (Å²) in [4.78, 5) is 11.3. The number of aromatic nitrogens is 2. The van der Waals surface area contributed by atoms with Crippen molar-refractivity contribution in [3.05, 3.63) is 59.8 Å². The topological polar surface area (TPSA) is 75.2 Å². The molecule has 1 aromatic heterocycles. The highest BCUT2D eigenvalue weighted by Gasteiger charge is 2.56. The van der Waals surface area contributed by atoms with Gasteiger partial charge in [0.05, 0.1) is 17.2 Å². The number of benzene rings is 2. The second-order valence-corrected chi connectivity index (χ2v) is 10.3. The monoisotopic (exact) mass is 408 g/mol. The van der Waals surface area contributed by atoms with E-state index in [4.69, 9.17) is 4.98 Å². The Kier molecular flexibility index (Phi) is 4.15. The molecule has 150 valence electrons. The lowest BCUT2D eigenvalue weighted by molar-refractivity contribution is 0.308. The molecule has 0 aliphatic carbocycles. The fraction of sp³-hybridized carbons (Fsp3) is 0.364. The van der Waals surface area contributed by atoms with E-state index < -0.39 is 20.6 Å². The lowest BCUT2D eigenvalue weighted by atomic mass is 9.74. The van der Waals surface area contributed by atoms with Gasteiger partial charge in [-0.2, -0.15) is 0 Å². The van der Waals surface area contributed by atoms with E-state index in [-0.39, 0.29) is 0 Å². The molecule has 0 radical (unpaired) electrons. The number of hydrogen-bond acceptors (Lipinski definition) is 6. The van der Waals surface area contributed by atoms with Gasteiger partial charge in [-0.05, 0) is 62.2 Å². The van der Waals surface area contributed by atoms with Crippen molar-refractivity contribution in [2.24, 2.45) is 0 Å². The number of para-hydroxylation sites is 1. The van der Waals surface area contributed by atoms with Gasteiger partial charge in [-0.15, -0.1) is 0 Å². The molecule has 0 amide bonds. The van der Waals surface area contributed by atoms with Crippen LogP contribution in [0.4, 0.5) is 11.5 Å². The summed E-state index contributed by atoms with van der Waals surface area (Å²) in [5.41, 5.74) is 4.28. The van der Waals surface area contributed by atoms with Crippen LogP contribution in [0.5, 0.6) is 0 Å². The van der Waals surface area contributed by atoms with Gasteiger partial charge in [0, 0.05) is 17.4 Å².